The average Bonchev–Trinajstić information content (AvgIpc) is 2.68. The van der Waals surface area contributed by atoms with Gasteiger partial charge < -0.3 is 25.1 Å². The van der Waals surface area contributed by atoms with E-state index < -0.39 is 18.1 Å². The lowest BCUT2D eigenvalue weighted by Crippen LogP contribution is -2.49. The van der Waals surface area contributed by atoms with Crippen molar-refractivity contribution in [2.45, 2.75) is 25.0 Å². The Morgan fingerprint density at radius 3 is 2.57 bits per heavy atom. The predicted molar refractivity (Wildman–Crippen MR) is 73.9 cm³/mol. The zero-order chi connectivity index (χ0) is 15.4. The first-order valence-corrected chi connectivity index (χ1v) is 7.32. The number of carbonyl (C=O) groups excluding carboxylic acids is 1. The summed E-state index contributed by atoms with van der Waals surface area (Å²) >= 11 is 0. The van der Waals surface area contributed by atoms with E-state index in [1.165, 1.54) is 4.90 Å². The van der Waals surface area contributed by atoms with Gasteiger partial charge in [0.2, 0.25) is 0 Å². The highest BCUT2D eigenvalue weighted by Crippen LogP contribution is 2.20. The molecule has 2 fully saturated rings. The van der Waals surface area contributed by atoms with Crippen LogP contribution in [0.1, 0.15) is 12.8 Å². The maximum atomic E-state index is 12.5. The second-order valence-electron chi connectivity index (χ2n) is 5.58. The third kappa shape index (κ3) is 3.84. The van der Waals surface area contributed by atoms with Gasteiger partial charge in [0.1, 0.15) is 6.04 Å². The van der Waals surface area contributed by atoms with Crippen LogP contribution < -0.4 is 0 Å². The van der Waals surface area contributed by atoms with Gasteiger partial charge in [-0.15, -0.1) is 0 Å². The Hall–Kier alpha value is -1.38. The molecule has 3 N–H and O–H groups in total. The molecule has 8 heteroatoms. The molecule has 0 saturated carbocycles. The van der Waals surface area contributed by atoms with E-state index in [-0.39, 0.29) is 25.6 Å². The number of amides is 2. The number of aliphatic carboxylic acids is 1. The fourth-order valence-corrected chi connectivity index (χ4v) is 2.97. The van der Waals surface area contributed by atoms with Gasteiger partial charge in [0.05, 0.1) is 12.7 Å². The van der Waals surface area contributed by atoms with Crippen LogP contribution in [-0.4, -0.2) is 100 Å². The lowest BCUT2D eigenvalue weighted by Gasteiger charge is -2.29. The van der Waals surface area contributed by atoms with Gasteiger partial charge in [-0.3, -0.25) is 4.90 Å². The predicted octanol–water partition coefficient (Wildman–Crippen LogP) is -1.37. The van der Waals surface area contributed by atoms with Gasteiger partial charge in [0, 0.05) is 39.1 Å². The molecule has 2 aliphatic heterocycles. The fraction of sp³-hybridized carbons (Fsp3) is 0.846. The number of hydrogen-bond acceptors (Lipinski definition) is 5. The van der Waals surface area contributed by atoms with E-state index in [0.717, 1.165) is 13.0 Å². The van der Waals surface area contributed by atoms with E-state index in [9.17, 15) is 14.7 Å². The smallest absolute Gasteiger partial charge is 0.326 e. The number of aliphatic hydroxyl groups excluding tert-OH is 2. The molecule has 2 heterocycles. The first kappa shape index (κ1) is 16.0. The van der Waals surface area contributed by atoms with Gasteiger partial charge in [-0.05, 0) is 13.0 Å². The molecule has 0 aromatic heterocycles. The van der Waals surface area contributed by atoms with E-state index in [1.54, 1.807) is 4.90 Å². The molecule has 2 aliphatic rings. The van der Waals surface area contributed by atoms with E-state index in [2.05, 4.69) is 4.90 Å². The summed E-state index contributed by atoms with van der Waals surface area (Å²) in [5, 5.41) is 27.7. The highest BCUT2D eigenvalue weighted by Gasteiger charge is 2.40. The zero-order valence-corrected chi connectivity index (χ0v) is 12.0. The van der Waals surface area contributed by atoms with Crippen molar-refractivity contribution in [3.8, 4) is 0 Å². The maximum Gasteiger partial charge on any atom is 0.326 e. The number of urea groups is 1. The molecule has 0 aromatic carbocycles. The largest absolute Gasteiger partial charge is 0.480 e. The van der Waals surface area contributed by atoms with Gasteiger partial charge in [-0.1, -0.05) is 0 Å². The van der Waals surface area contributed by atoms with Crippen molar-refractivity contribution in [3.63, 3.8) is 0 Å². The van der Waals surface area contributed by atoms with E-state index in [1.807, 2.05) is 0 Å². The van der Waals surface area contributed by atoms with Gasteiger partial charge in [-0.2, -0.15) is 0 Å². The Balaban J connectivity index is 1.97. The van der Waals surface area contributed by atoms with Crippen molar-refractivity contribution in [2.75, 3.05) is 45.9 Å². The number of hydrogen-bond donors (Lipinski definition) is 3. The van der Waals surface area contributed by atoms with Crippen LogP contribution in [0.3, 0.4) is 0 Å². The van der Waals surface area contributed by atoms with Crippen LogP contribution in [0, 0.1) is 0 Å². The molecule has 0 spiro atoms. The standard InChI is InChI=1S/C13H23N3O5/c17-7-6-14-2-1-3-15(5-4-14)13(21)16-9-10(18)8-11(16)12(19)20/h10-11,17-18H,1-9H2,(H,19,20)/t10-,11-/m1/s1. The minimum atomic E-state index is -1.07. The number of likely N-dealkylation sites (tertiary alicyclic amines) is 1. The van der Waals surface area contributed by atoms with Crippen LogP contribution in [0.15, 0.2) is 0 Å². The number of β-amino-alcohol motifs (C(OH)–C–C–N with tert-alkyl or cyclic N) is 2. The van der Waals surface area contributed by atoms with Gasteiger partial charge in [-0.25, -0.2) is 9.59 Å². The van der Waals surface area contributed by atoms with Crippen molar-refractivity contribution in [1.29, 1.82) is 0 Å². The summed E-state index contributed by atoms with van der Waals surface area (Å²) in [5.41, 5.74) is 0. The first-order chi connectivity index (χ1) is 10.0. The molecule has 2 saturated heterocycles. The Bertz CT molecular complexity index is 392. The summed E-state index contributed by atoms with van der Waals surface area (Å²) in [6.07, 6.45) is 0.110. The number of aliphatic hydroxyl groups is 2. The molecule has 0 bridgehead atoms. The molecule has 8 nitrogen and oxygen atoms in total. The minimum absolute atomic E-state index is 0.0760. The zero-order valence-electron chi connectivity index (χ0n) is 12.0. The summed E-state index contributed by atoms with van der Waals surface area (Å²) in [7, 11) is 0. The van der Waals surface area contributed by atoms with E-state index in [4.69, 9.17) is 10.2 Å². The average molecular weight is 301 g/mol. The van der Waals surface area contributed by atoms with E-state index >= 15 is 0 Å². The second kappa shape index (κ2) is 7.06. The summed E-state index contributed by atoms with van der Waals surface area (Å²) in [6.45, 7) is 3.31. The molecule has 0 radical (unpaired) electrons. The SMILES string of the molecule is O=C(O)[C@H]1C[C@@H](O)CN1C(=O)N1CCCN(CCO)CC1. The monoisotopic (exact) mass is 301 g/mol. The third-order valence-corrected chi connectivity index (χ3v) is 4.09. The van der Waals surface area contributed by atoms with Crippen LogP contribution in [0.5, 0.6) is 0 Å². The quantitative estimate of drug-likeness (QED) is 0.594. The molecule has 0 aromatic rings. The Labute approximate surface area is 123 Å². The third-order valence-electron chi connectivity index (χ3n) is 4.09. The van der Waals surface area contributed by atoms with Gasteiger partial charge in [0.25, 0.3) is 0 Å². The lowest BCUT2D eigenvalue weighted by molar-refractivity contribution is -0.141. The molecule has 2 atom stereocenters. The first-order valence-electron chi connectivity index (χ1n) is 7.32. The maximum absolute atomic E-state index is 12.5. The van der Waals surface area contributed by atoms with Crippen molar-refractivity contribution in [1.82, 2.24) is 14.7 Å². The minimum Gasteiger partial charge on any atom is -0.480 e. The number of carboxylic acid groups (broad SMARTS) is 1. The number of carboxylic acids is 1. The normalized spacial score (nSPS) is 27.7. The van der Waals surface area contributed by atoms with Crippen LogP contribution in [0.2, 0.25) is 0 Å². The van der Waals surface area contributed by atoms with E-state index in [0.29, 0.717) is 26.2 Å². The molecule has 0 unspecified atom stereocenters. The molecule has 0 aliphatic carbocycles. The Kier molecular flexibility index (Phi) is 5.38. The number of carbonyl (C=O) groups is 2. The van der Waals surface area contributed by atoms with Crippen molar-refractivity contribution in [3.05, 3.63) is 0 Å². The van der Waals surface area contributed by atoms with Crippen molar-refractivity contribution in [2.24, 2.45) is 0 Å². The summed E-state index contributed by atoms with van der Waals surface area (Å²) in [4.78, 5) is 28.7. The molecule has 120 valence electrons. The summed E-state index contributed by atoms with van der Waals surface area (Å²) in [6, 6.07) is -1.26. The molecular formula is C13H23N3O5. The Morgan fingerprint density at radius 1 is 1.14 bits per heavy atom. The summed E-state index contributed by atoms with van der Waals surface area (Å²) < 4.78 is 0. The highest BCUT2D eigenvalue weighted by atomic mass is 16.4. The van der Waals surface area contributed by atoms with Crippen molar-refractivity contribution >= 4 is 12.0 Å². The molecule has 21 heavy (non-hydrogen) atoms. The second-order valence-corrected chi connectivity index (χ2v) is 5.58. The van der Waals surface area contributed by atoms with Crippen molar-refractivity contribution < 1.29 is 24.9 Å². The lowest BCUT2D eigenvalue weighted by atomic mass is 10.2. The highest BCUT2D eigenvalue weighted by molar-refractivity contribution is 5.83. The summed E-state index contributed by atoms with van der Waals surface area (Å²) in [5.74, 6) is -1.07. The van der Waals surface area contributed by atoms with Crippen LogP contribution in [0.4, 0.5) is 4.79 Å². The van der Waals surface area contributed by atoms with Crippen LogP contribution in [-0.2, 0) is 4.79 Å². The fourth-order valence-electron chi connectivity index (χ4n) is 2.97. The molecular weight excluding hydrogens is 278 g/mol. The topological polar surface area (TPSA) is 105 Å². The Morgan fingerprint density at radius 2 is 1.90 bits per heavy atom. The van der Waals surface area contributed by atoms with Gasteiger partial charge >= 0.3 is 12.0 Å². The number of rotatable bonds is 3. The molecule has 2 rings (SSSR count). The number of nitrogens with zero attached hydrogens (tertiary/aromatic N) is 3. The molecule has 2 amide bonds. The van der Waals surface area contributed by atoms with Crippen LogP contribution >= 0.6 is 0 Å². The van der Waals surface area contributed by atoms with Gasteiger partial charge in [0.15, 0.2) is 0 Å². The van der Waals surface area contributed by atoms with Crippen LogP contribution in [0.25, 0.3) is 0 Å².